The normalized spacial score (nSPS) is 12.5. The largest absolute Gasteiger partial charge is 0.508 e. The molecule has 0 radical (unpaired) electrons. The maximum Gasteiger partial charge on any atom is 0.436 e. The summed E-state index contributed by atoms with van der Waals surface area (Å²) in [6.07, 6.45) is -5.07. The van der Waals surface area contributed by atoms with Crippen LogP contribution in [0.15, 0.2) is 24.3 Å². The van der Waals surface area contributed by atoms with Gasteiger partial charge in [-0.15, -0.1) is 0 Å². The number of rotatable bonds is 8. The third-order valence-electron chi connectivity index (χ3n) is 3.08. The molecule has 0 aliphatic carbocycles. The molecule has 1 rings (SSSR count). The Bertz CT molecular complexity index is 540. The molecule has 134 valence electrons. The molecule has 1 unspecified atom stereocenters. The standard InChI is InChI=1S/C16H19F3O5/c1-2-3-4-5-10-23-15(22)13(16(17,18)19)24-14(21)11-6-8-12(20)9-7-11/h6-9,13,20H,2-5,10H2,1H3. The van der Waals surface area contributed by atoms with Crippen LogP contribution >= 0.6 is 0 Å². The number of phenols is 1. The van der Waals surface area contributed by atoms with Gasteiger partial charge in [0.25, 0.3) is 6.10 Å². The van der Waals surface area contributed by atoms with Gasteiger partial charge in [-0.1, -0.05) is 26.2 Å². The number of halogens is 3. The van der Waals surface area contributed by atoms with Gasteiger partial charge in [-0.3, -0.25) is 0 Å². The molecule has 0 spiro atoms. The highest BCUT2D eigenvalue weighted by Crippen LogP contribution is 2.25. The van der Waals surface area contributed by atoms with Crippen LogP contribution in [0.5, 0.6) is 5.75 Å². The molecule has 0 amide bonds. The smallest absolute Gasteiger partial charge is 0.436 e. The van der Waals surface area contributed by atoms with Crippen LogP contribution in [-0.2, 0) is 14.3 Å². The average Bonchev–Trinajstić information content (AvgIpc) is 2.51. The zero-order valence-electron chi connectivity index (χ0n) is 13.1. The summed E-state index contributed by atoms with van der Waals surface area (Å²) in [6, 6.07) is 4.40. The van der Waals surface area contributed by atoms with E-state index in [1.807, 2.05) is 6.92 Å². The molecule has 8 heteroatoms. The fraction of sp³-hybridized carbons (Fsp3) is 0.500. The minimum Gasteiger partial charge on any atom is -0.508 e. The van der Waals surface area contributed by atoms with Gasteiger partial charge in [-0.05, 0) is 30.7 Å². The molecular formula is C16H19F3O5. The molecule has 0 fully saturated rings. The number of carbonyl (C=O) groups is 2. The van der Waals surface area contributed by atoms with Gasteiger partial charge in [0.15, 0.2) is 0 Å². The molecule has 1 aromatic rings. The van der Waals surface area contributed by atoms with Crippen LogP contribution in [0.2, 0.25) is 0 Å². The van der Waals surface area contributed by atoms with Gasteiger partial charge in [0.2, 0.25) is 0 Å². The first-order valence-corrected chi connectivity index (χ1v) is 7.49. The molecule has 1 atom stereocenters. The summed E-state index contributed by atoms with van der Waals surface area (Å²) in [5.74, 6) is -3.14. The molecule has 0 aromatic heterocycles. The Balaban J connectivity index is 2.66. The van der Waals surface area contributed by atoms with Crippen LogP contribution in [0.3, 0.4) is 0 Å². The van der Waals surface area contributed by atoms with Crippen molar-refractivity contribution in [2.75, 3.05) is 6.61 Å². The number of alkyl halides is 3. The van der Waals surface area contributed by atoms with E-state index in [4.69, 9.17) is 5.11 Å². The molecule has 0 saturated heterocycles. The number of esters is 2. The minimum atomic E-state index is -5.08. The van der Waals surface area contributed by atoms with Crippen LogP contribution in [-0.4, -0.2) is 35.9 Å². The van der Waals surface area contributed by atoms with E-state index in [-0.39, 0.29) is 17.9 Å². The van der Waals surface area contributed by atoms with Crippen molar-refractivity contribution in [2.24, 2.45) is 0 Å². The van der Waals surface area contributed by atoms with Crippen molar-refractivity contribution in [3.05, 3.63) is 29.8 Å². The third kappa shape index (κ3) is 6.47. The van der Waals surface area contributed by atoms with E-state index in [2.05, 4.69) is 9.47 Å². The molecule has 0 bridgehead atoms. The molecule has 5 nitrogen and oxygen atoms in total. The number of hydrogen-bond donors (Lipinski definition) is 1. The minimum absolute atomic E-state index is 0.162. The van der Waals surface area contributed by atoms with Gasteiger partial charge in [0.05, 0.1) is 12.2 Å². The van der Waals surface area contributed by atoms with E-state index in [1.165, 1.54) is 0 Å². The lowest BCUT2D eigenvalue weighted by Gasteiger charge is -2.19. The van der Waals surface area contributed by atoms with E-state index in [1.54, 1.807) is 0 Å². The summed E-state index contributed by atoms with van der Waals surface area (Å²) in [5, 5.41) is 9.09. The molecule has 0 aliphatic rings. The fourth-order valence-corrected chi connectivity index (χ4v) is 1.80. The Kier molecular flexibility index (Phi) is 7.54. The quantitative estimate of drug-likeness (QED) is 0.574. The molecule has 1 N–H and O–H groups in total. The van der Waals surface area contributed by atoms with Crippen LogP contribution in [0.4, 0.5) is 13.2 Å². The summed E-state index contributed by atoms with van der Waals surface area (Å²) in [6.45, 7) is 1.80. The van der Waals surface area contributed by atoms with E-state index < -0.39 is 24.2 Å². The van der Waals surface area contributed by atoms with Gasteiger partial charge in [-0.2, -0.15) is 13.2 Å². The number of phenolic OH excluding ortho intramolecular Hbond substituents is 1. The van der Waals surface area contributed by atoms with E-state index in [0.717, 1.165) is 43.5 Å². The molecular weight excluding hydrogens is 329 g/mol. The van der Waals surface area contributed by atoms with Gasteiger partial charge >= 0.3 is 18.1 Å². The Labute approximate surface area is 137 Å². The topological polar surface area (TPSA) is 72.8 Å². The molecule has 0 aliphatic heterocycles. The molecule has 0 saturated carbocycles. The van der Waals surface area contributed by atoms with Gasteiger partial charge in [-0.25, -0.2) is 9.59 Å². The summed E-state index contributed by atoms with van der Waals surface area (Å²) >= 11 is 0. The Morgan fingerprint density at radius 1 is 1.12 bits per heavy atom. The highest BCUT2D eigenvalue weighted by atomic mass is 19.4. The van der Waals surface area contributed by atoms with Gasteiger partial charge in [0.1, 0.15) is 5.75 Å². The lowest BCUT2D eigenvalue weighted by Crippen LogP contribution is -2.42. The van der Waals surface area contributed by atoms with Crippen molar-refractivity contribution < 1.29 is 37.3 Å². The number of carbonyl (C=O) groups excluding carboxylic acids is 2. The second-order valence-electron chi connectivity index (χ2n) is 5.10. The lowest BCUT2D eigenvalue weighted by molar-refractivity contribution is -0.218. The van der Waals surface area contributed by atoms with Crippen molar-refractivity contribution in [1.29, 1.82) is 0 Å². The van der Waals surface area contributed by atoms with Crippen molar-refractivity contribution in [1.82, 2.24) is 0 Å². The number of ether oxygens (including phenoxy) is 2. The zero-order chi connectivity index (χ0) is 18.2. The summed E-state index contributed by atoms with van der Waals surface area (Å²) < 4.78 is 47.6. The van der Waals surface area contributed by atoms with Crippen molar-refractivity contribution in [3.8, 4) is 5.75 Å². The first-order chi connectivity index (χ1) is 11.3. The average molecular weight is 348 g/mol. The van der Waals surface area contributed by atoms with E-state index >= 15 is 0 Å². The lowest BCUT2D eigenvalue weighted by atomic mass is 10.2. The van der Waals surface area contributed by atoms with Gasteiger partial charge < -0.3 is 14.6 Å². The fourth-order valence-electron chi connectivity index (χ4n) is 1.80. The van der Waals surface area contributed by atoms with Gasteiger partial charge in [0, 0.05) is 0 Å². The van der Waals surface area contributed by atoms with Crippen LogP contribution < -0.4 is 0 Å². The number of unbranched alkanes of at least 4 members (excludes halogenated alkanes) is 3. The monoisotopic (exact) mass is 348 g/mol. The van der Waals surface area contributed by atoms with Crippen LogP contribution in [0.1, 0.15) is 43.0 Å². The van der Waals surface area contributed by atoms with Crippen molar-refractivity contribution >= 4 is 11.9 Å². The van der Waals surface area contributed by atoms with E-state index in [0.29, 0.717) is 6.42 Å². The second-order valence-corrected chi connectivity index (χ2v) is 5.10. The number of benzene rings is 1. The van der Waals surface area contributed by atoms with Crippen LogP contribution in [0, 0.1) is 0 Å². The number of aromatic hydroxyl groups is 1. The second kappa shape index (κ2) is 9.14. The maximum atomic E-state index is 12.9. The predicted molar refractivity (Wildman–Crippen MR) is 78.5 cm³/mol. The summed E-state index contributed by atoms with van der Waals surface area (Å²) in [5.41, 5.74) is -0.224. The first-order valence-electron chi connectivity index (χ1n) is 7.49. The highest BCUT2D eigenvalue weighted by molar-refractivity contribution is 5.91. The predicted octanol–water partition coefficient (Wildman–Crippen LogP) is 3.60. The Morgan fingerprint density at radius 3 is 2.29 bits per heavy atom. The highest BCUT2D eigenvalue weighted by Gasteiger charge is 2.49. The van der Waals surface area contributed by atoms with Crippen molar-refractivity contribution in [3.63, 3.8) is 0 Å². The molecule has 0 heterocycles. The van der Waals surface area contributed by atoms with E-state index in [9.17, 15) is 22.8 Å². The molecule has 1 aromatic carbocycles. The first kappa shape index (κ1) is 19.8. The summed E-state index contributed by atoms with van der Waals surface area (Å²) in [4.78, 5) is 23.3. The Hall–Kier alpha value is -2.25. The summed E-state index contributed by atoms with van der Waals surface area (Å²) in [7, 11) is 0. The van der Waals surface area contributed by atoms with Crippen LogP contribution in [0.25, 0.3) is 0 Å². The molecule has 24 heavy (non-hydrogen) atoms. The third-order valence-corrected chi connectivity index (χ3v) is 3.08. The SMILES string of the molecule is CCCCCCOC(=O)C(OC(=O)c1ccc(O)cc1)C(F)(F)F. The maximum absolute atomic E-state index is 12.9. The Morgan fingerprint density at radius 2 is 1.75 bits per heavy atom. The zero-order valence-corrected chi connectivity index (χ0v) is 13.1. The number of hydrogen-bond acceptors (Lipinski definition) is 5. The van der Waals surface area contributed by atoms with Crippen molar-refractivity contribution in [2.45, 2.75) is 44.9 Å².